The van der Waals surface area contributed by atoms with Crippen molar-refractivity contribution in [2.75, 3.05) is 46.4 Å². The summed E-state index contributed by atoms with van der Waals surface area (Å²) in [6, 6.07) is 17.5. The lowest BCUT2D eigenvalue weighted by molar-refractivity contribution is -0.126. The van der Waals surface area contributed by atoms with Crippen LogP contribution in [0.4, 0.5) is 0 Å². The predicted molar refractivity (Wildman–Crippen MR) is 130 cm³/mol. The predicted octanol–water partition coefficient (Wildman–Crippen LogP) is 2.43. The maximum absolute atomic E-state index is 13.0. The van der Waals surface area contributed by atoms with Crippen LogP contribution < -0.4 is 15.4 Å². The minimum absolute atomic E-state index is 0.0152. The SMILES string of the molecule is COc1ccc([C@@H](NC(=O)CN2CCN(CC(=O)NC(C)(C)C)CC2)c2ccccc2)cc1. The molecule has 2 aromatic rings. The molecule has 1 aliphatic rings. The van der Waals surface area contributed by atoms with E-state index >= 15 is 0 Å². The van der Waals surface area contributed by atoms with Crippen molar-refractivity contribution in [1.29, 1.82) is 0 Å². The number of piperazine rings is 1. The van der Waals surface area contributed by atoms with E-state index in [2.05, 4.69) is 20.4 Å². The number of benzene rings is 2. The molecule has 0 aromatic heterocycles. The van der Waals surface area contributed by atoms with Crippen LogP contribution in [-0.4, -0.2) is 73.5 Å². The maximum atomic E-state index is 13.0. The molecule has 0 aliphatic carbocycles. The number of amides is 2. The average molecular weight is 453 g/mol. The zero-order chi connectivity index (χ0) is 23.8. The summed E-state index contributed by atoms with van der Waals surface area (Å²) in [7, 11) is 1.64. The van der Waals surface area contributed by atoms with Gasteiger partial charge in [0.15, 0.2) is 0 Å². The van der Waals surface area contributed by atoms with Crippen molar-refractivity contribution in [2.24, 2.45) is 0 Å². The van der Waals surface area contributed by atoms with Crippen LogP contribution in [0.3, 0.4) is 0 Å². The Morgan fingerprint density at radius 3 is 1.88 bits per heavy atom. The normalized spacial score (nSPS) is 16.1. The molecule has 7 nitrogen and oxygen atoms in total. The number of carbonyl (C=O) groups is 2. The van der Waals surface area contributed by atoms with Gasteiger partial charge in [-0.1, -0.05) is 42.5 Å². The quantitative estimate of drug-likeness (QED) is 0.644. The summed E-state index contributed by atoms with van der Waals surface area (Å²) in [6.45, 7) is 9.73. The molecule has 33 heavy (non-hydrogen) atoms. The van der Waals surface area contributed by atoms with E-state index in [1.54, 1.807) is 7.11 Å². The fraction of sp³-hybridized carbons (Fsp3) is 0.462. The number of carbonyl (C=O) groups excluding carboxylic acids is 2. The molecular weight excluding hydrogens is 416 g/mol. The van der Waals surface area contributed by atoms with Gasteiger partial charge in [-0.15, -0.1) is 0 Å². The fourth-order valence-electron chi connectivity index (χ4n) is 3.98. The molecule has 0 radical (unpaired) electrons. The highest BCUT2D eigenvalue weighted by atomic mass is 16.5. The number of nitrogens with zero attached hydrogens (tertiary/aromatic N) is 2. The Hall–Kier alpha value is -2.90. The van der Waals surface area contributed by atoms with Gasteiger partial charge in [0.05, 0.1) is 26.2 Å². The van der Waals surface area contributed by atoms with Crippen LogP contribution >= 0.6 is 0 Å². The lowest BCUT2D eigenvalue weighted by atomic mass is 9.98. The molecule has 2 amide bonds. The highest BCUT2D eigenvalue weighted by Crippen LogP contribution is 2.24. The van der Waals surface area contributed by atoms with Crippen molar-refractivity contribution in [2.45, 2.75) is 32.4 Å². The number of nitrogens with one attached hydrogen (secondary N) is 2. The molecule has 2 N–H and O–H groups in total. The third kappa shape index (κ3) is 7.87. The monoisotopic (exact) mass is 452 g/mol. The van der Waals surface area contributed by atoms with Crippen molar-refractivity contribution in [1.82, 2.24) is 20.4 Å². The minimum atomic E-state index is -0.230. The zero-order valence-electron chi connectivity index (χ0n) is 20.1. The molecule has 1 atom stereocenters. The summed E-state index contributed by atoms with van der Waals surface area (Å²) in [5.41, 5.74) is 1.81. The lowest BCUT2D eigenvalue weighted by Crippen LogP contribution is -2.53. The molecule has 3 rings (SSSR count). The number of hydrogen-bond donors (Lipinski definition) is 2. The lowest BCUT2D eigenvalue weighted by Gasteiger charge is -2.34. The van der Waals surface area contributed by atoms with Gasteiger partial charge < -0.3 is 15.4 Å². The summed E-state index contributed by atoms with van der Waals surface area (Å²) < 4.78 is 5.27. The number of methoxy groups -OCH3 is 1. The van der Waals surface area contributed by atoms with Gasteiger partial charge in [0.1, 0.15) is 5.75 Å². The second-order valence-electron chi connectivity index (χ2n) is 9.53. The second kappa shape index (κ2) is 11.3. The molecule has 178 valence electrons. The Kier molecular flexibility index (Phi) is 8.47. The molecule has 1 heterocycles. The fourth-order valence-corrected chi connectivity index (χ4v) is 3.98. The first kappa shape index (κ1) is 24.7. The van der Waals surface area contributed by atoms with Gasteiger partial charge in [-0.2, -0.15) is 0 Å². The van der Waals surface area contributed by atoms with Crippen LogP contribution in [0.2, 0.25) is 0 Å². The molecule has 0 bridgehead atoms. The molecule has 2 aromatic carbocycles. The van der Waals surface area contributed by atoms with Crippen molar-refractivity contribution in [3.63, 3.8) is 0 Å². The molecule has 7 heteroatoms. The van der Waals surface area contributed by atoms with E-state index in [4.69, 9.17) is 4.74 Å². The van der Waals surface area contributed by atoms with Crippen LogP contribution in [0.25, 0.3) is 0 Å². The van der Waals surface area contributed by atoms with E-state index in [-0.39, 0.29) is 23.4 Å². The second-order valence-corrected chi connectivity index (χ2v) is 9.53. The van der Waals surface area contributed by atoms with Crippen molar-refractivity contribution >= 4 is 11.8 Å². The van der Waals surface area contributed by atoms with Crippen LogP contribution in [0.15, 0.2) is 54.6 Å². The molecule has 0 unspecified atom stereocenters. The summed E-state index contributed by atoms with van der Waals surface area (Å²) >= 11 is 0. The smallest absolute Gasteiger partial charge is 0.234 e. The van der Waals surface area contributed by atoms with Crippen LogP contribution in [0.1, 0.15) is 37.9 Å². The molecule has 1 fully saturated rings. The van der Waals surface area contributed by atoms with E-state index in [0.717, 1.165) is 43.1 Å². The minimum Gasteiger partial charge on any atom is -0.497 e. The van der Waals surface area contributed by atoms with E-state index in [1.807, 2.05) is 75.4 Å². The third-order valence-electron chi connectivity index (χ3n) is 5.60. The molecule has 0 saturated carbocycles. The third-order valence-corrected chi connectivity index (χ3v) is 5.60. The first-order valence-electron chi connectivity index (χ1n) is 11.5. The molecule has 1 aliphatic heterocycles. The van der Waals surface area contributed by atoms with Crippen molar-refractivity contribution < 1.29 is 14.3 Å². The Bertz CT molecular complexity index is 901. The van der Waals surface area contributed by atoms with E-state index < -0.39 is 0 Å². The highest BCUT2D eigenvalue weighted by Gasteiger charge is 2.24. The van der Waals surface area contributed by atoms with Crippen LogP contribution in [-0.2, 0) is 9.59 Å². The van der Waals surface area contributed by atoms with Gasteiger partial charge in [0.25, 0.3) is 0 Å². The van der Waals surface area contributed by atoms with Gasteiger partial charge in [-0.3, -0.25) is 19.4 Å². The number of hydrogen-bond acceptors (Lipinski definition) is 5. The van der Waals surface area contributed by atoms with E-state index in [9.17, 15) is 9.59 Å². The van der Waals surface area contributed by atoms with Crippen LogP contribution in [0, 0.1) is 0 Å². The number of rotatable bonds is 8. The standard InChI is InChI=1S/C26H36N4O3/c1-26(2,3)28-24(32)19-30-16-14-29(15-17-30)18-23(31)27-25(20-8-6-5-7-9-20)21-10-12-22(33-4)13-11-21/h5-13,25H,14-19H2,1-4H3,(H,27,31)(H,28,32)/t25-/m0/s1. The highest BCUT2D eigenvalue weighted by molar-refractivity contribution is 5.79. The Labute approximate surface area is 197 Å². The summed E-state index contributed by atoms with van der Waals surface area (Å²) in [5.74, 6) is 0.809. The molecule has 0 spiro atoms. The van der Waals surface area contributed by atoms with Gasteiger partial charge in [0, 0.05) is 31.7 Å². The average Bonchev–Trinajstić information content (AvgIpc) is 2.78. The maximum Gasteiger partial charge on any atom is 0.234 e. The molecular formula is C26H36N4O3. The summed E-state index contributed by atoms with van der Waals surface area (Å²) in [6.07, 6.45) is 0. The van der Waals surface area contributed by atoms with Gasteiger partial charge >= 0.3 is 0 Å². The van der Waals surface area contributed by atoms with E-state index in [1.165, 1.54) is 0 Å². The molecule has 1 saturated heterocycles. The Morgan fingerprint density at radius 1 is 0.848 bits per heavy atom. The van der Waals surface area contributed by atoms with Gasteiger partial charge in [0.2, 0.25) is 11.8 Å². The van der Waals surface area contributed by atoms with E-state index in [0.29, 0.717) is 13.1 Å². The summed E-state index contributed by atoms with van der Waals surface area (Å²) in [4.78, 5) is 29.4. The van der Waals surface area contributed by atoms with Crippen LogP contribution in [0.5, 0.6) is 5.75 Å². The zero-order valence-corrected chi connectivity index (χ0v) is 20.1. The largest absolute Gasteiger partial charge is 0.497 e. The van der Waals surface area contributed by atoms with Crippen molar-refractivity contribution in [3.05, 3.63) is 65.7 Å². The Morgan fingerprint density at radius 2 is 1.36 bits per heavy atom. The van der Waals surface area contributed by atoms with Gasteiger partial charge in [-0.05, 0) is 44.0 Å². The first-order valence-corrected chi connectivity index (χ1v) is 11.5. The number of ether oxygens (including phenoxy) is 1. The van der Waals surface area contributed by atoms with Gasteiger partial charge in [-0.25, -0.2) is 0 Å². The van der Waals surface area contributed by atoms with Crippen molar-refractivity contribution in [3.8, 4) is 5.75 Å². The summed E-state index contributed by atoms with van der Waals surface area (Å²) in [5, 5.41) is 6.21. The first-order chi connectivity index (χ1) is 15.7. The topological polar surface area (TPSA) is 73.9 Å². The Balaban J connectivity index is 1.55.